The fraction of sp³-hybridized carbons (Fsp3) is 0. The fourth-order valence-corrected chi connectivity index (χ4v) is 2.75. The quantitative estimate of drug-likeness (QED) is 0.528. The van der Waals surface area contributed by atoms with E-state index in [1.165, 1.54) is 35.6 Å². The van der Waals surface area contributed by atoms with Crippen LogP contribution in [-0.2, 0) is 0 Å². The second-order valence-corrected chi connectivity index (χ2v) is 5.41. The highest BCUT2D eigenvalue weighted by atomic mass is 32.1. The highest BCUT2D eigenvalue weighted by Gasteiger charge is 2.09. The Morgan fingerprint density at radius 2 is 2.05 bits per heavy atom. The standard InChI is InChI=1S/C15H9FN2O2S/c16-11-3-1-2-10(8-11)4-7-15-17-13-9-12(18(19)20)5-6-14(13)21-15/h1-9H. The van der Waals surface area contributed by atoms with Crippen LogP contribution >= 0.6 is 11.3 Å². The van der Waals surface area contributed by atoms with Crippen molar-refractivity contribution in [2.24, 2.45) is 0 Å². The van der Waals surface area contributed by atoms with E-state index in [4.69, 9.17) is 0 Å². The minimum absolute atomic E-state index is 0.0217. The third kappa shape index (κ3) is 2.95. The maximum atomic E-state index is 13.1. The smallest absolute Gasteiger partial charge is 0.258 e. The van der Waals surface area contributed by atoms with Crippen LogP contribution in [0.4, 0.5) is 10.1 Å². The topological polar surface area (TPSA) is 56.0 Å². The first-order valence-corrected chi connectivity index (χ1v) is 6.92. The Kier molecular flexibility index (Phi) is 3.45. The van der Waals surface area contributed by atoms with E-state index < -0.39 is 4.92 Å². The lowest BCUT2D eigenvalue weighted by molar-refractivity contribution is -0.384. The normalized spacial score (nSPS) is 11.3. The van der Waals surface area contributed by atoms with Gasteiger partial charge >= 0.3 is 0 Å². The van der Waals surface area contributed by atoms with E-state index in [9.17, 15) is 14.5 Å². The van der Waals surface area contributed by atoms with Crippen molar-refractivity contribution in [1.29, 1.82) is 0 Å². The summed E-state index contributed by atoms with van der Waals surface area (Å²) < 4.78 is 13.9. The van der Waals surface area contributed by atoms with Gasteiger partial charge in [0, 0.05) is 12.1 Å². The van der Waals surface area contributed by atoms with Gasteiger partial charge in [0.15, 0.2) is 0 Å². The van der Waals surface area contributed by atoms with Crippen LogP contribution in [0.2, 0.25) is 0 Å². The summed E-state index contributed by atoms with van der Waals surface area (Å²) in [6, 6.07) is 10.8. The molecule has 0 aliphatic rings. The highest BCUT2D eigenvalue weighted by molar-refractivity contribution is 7.19. The zero-order valence-electron chi connectivity index (χ0n) is 10.7. The number of nitro benzene ring substituents is 1. The van der Waals surface area contributed by atoms with Gasteiger partial charge in [0.2, 0.25) is 0 Å². The lowest BCUT2D eigenvalue weighted by Crippen LogP contribution is -1.86. The van der Waals surface area contributed by atoms with Gasteiger partial charge in [-0.1, -0.05) is 18.2 Å². The molecule has 104 valence electrons. The first-order valence-electron chi connectivity index (χ1n) is 6.10. The largest absolute Gasteiger partial charge is 0.271 e. The molecule has 0 spiro atoms. The lowest BCUT2D eigenvalue weighted by Gasteiger charge is -1.91. The molecule has 0 saturated carbocycles. The number of rotatable bonds is 3. The molecule has 0 aliphatic heterocycles. The zero-order chi connectivity index (χ0) is 14.8. The predicted octanol–water partition coefficient (Wildman–Crippen LogP) is 4.51. The Morgan fingerprint density at radius 3 is 2.81 bits per heavy atom. The summed E-state index contributed by atoms with van der Waals surface area (Å²) in [5, 5.41) is 11.4. The molecule has 0 radical (unpaired) electrons. The van der Waals surface area contributed by atoms with Gasteiger partial charge < -0.3 is 0 Å². The van der Waals surface area contributed by atoms with Gasteiger partial charge in [-0.25, -0.2) is 9.37 Å². The number of fused-ring (bicyclic) bond motifs is 1. The van der Waals surface area contributed by atoms with E-state index in [-0.39, 0.29) is 11.5 Å². The molecule has 3 rings (SSSR count). The molecular weight excluding hydrogens is 291 g/mol. The molecule has 2 aromatic carbocycles. The minimum atomic E-state index is -0.443. The van der Waals surface area contributed by atoms with Crippen molar-refractivity contribution in [1.82, 2.24) is 4.98 Å². The van der Waals surface area contributed by atoms with Gasteiger partial charge in [0.05, 0.1) is 15.1 Å². The van der Waals surface area contributed by atoms with Gasteiger partial charge in [0.1, 0.15) is 10.8 Å². The highest BCUT2D eigenvalue weighted by Crippen LogP contribution is 2.27. The molecule has 0 fully saturated rings. The lowest BCUT2D eigenvalue weighted by atomic mass is 10.2. The minimum Gasteiger partial charge on any atom is -0.258 e. The van der Waals surface area contributed by atoms with Crippen molar-refractivity contribution < 1.29 is 9.31 Å². The van der Waals surface area contributed by atoms with E-state index in [0.29, 0.717) is 5.52 Å². The molecule has 6 heteroatoms. The Bertz CT molecular complexity index is 858. The average Bonchev–Trinajstić information content (AvgIpc) is 2.87. The summed E-state index contributed by atoms with van der Waals surface area (Å²) in [5.41, 5.74) is 1.35. The molecule has 0 N–H and O–H groups in total. The number of nitro groups is 1. The van der Waals surface area contributed by atoms with Crippen molar-refractivity contribution in [2.75, 3.05) is 0 Å². The molecule has 0 aliphatic carbocycles. The van der Waals surface area contributed by atoms with E-state index in [1.807, 2.05) is 0 Å². The van der Waals surface area contributed by atoms with Crippen LogP contribution in [0, 0.1) is 15.9 Å². The summed E-state index contributed by atoms with van der Waals surface area (Å²) in [7, 11) is 0. The van der Waals surface area contributed by atoms with E-state index in [1.54, 1.807) is 30.4 Å². The van der Waals surface area contributed by atoms with Gasteiger partial charge in [-0.3, -0.25) is 10.1 Å². The number of hydrogen-bond donors (Lipinski definition) is 0. The SMILES string of the molecule is O=[N+]([O-])c1ccc2sc(C=Cc3cccc(F)c3)nc2c1. The number of aromatic nitrogens is 1. The van der Waals surface area contributed by atoms with E-state index >= 15 is 0 Å². The van der Waals surface area contributed by atoms with Gasteiger partial charge in [-0.15, -0.1) is 11.3 Å². The number of nitrogens with zero attached hydrogens (tertiary/aromatic N) is 2. The number of halogens is 1. The van der Waals surface area contributed by atoms with Crippen LogP contribution < -0.4 is 0 Å². The third-order valence-corrected chi connectivity index (χ3v) is 3.87. The first kappa shape index (κ1) is 13.4. The first-order chi connectivity index (χ1) is 10.1. The summed E-state index contributed by atoms with van der Waals surface area (Å²) in [6.45, 7) is 0. The second kappa shape index (κ2) is 5.41. The van der Waals surface area contributed by atoms with Crippen LogP contribution in [0.5, 0.6) is 0 Å². The predicted molar refractivity (Wildman–Crippen MR) is 81.6 cm³/mol. The van der Waals surface area contributed by atoms with Crippen LogP contribution in [0.3, 0.4) is 0 Å². The van der Waals surface area contributed by atoms with Crippen LogP contribution in [0.25, 0.3) is 22.4 Å². The van der Waals surface area contributed by atoms with Crippen LogP contribution in [0.1, 0.15) is 10.6 Å². The third-order valence-electron chi connectivity index (χ3n) is 2.87. The molecule has 1 aromatic heterocycles. The molecule has 0 atom stereocenters. The molecule has 0 bridgehead atoms. The Labute approximate surface area is 123 Å². The van der Waals surface area contributed by atoms with Crippen molar-refractivity contribution in [3.8, 4) is 0 Å². The molecule has 0 amide bonds. The summed E-state index contributed by atoms with van der Waals surface area (Å²) >= 11 is 1.43. The van der Waals surface area contributed by atoms with E-state index in [0.717, 1.165) is 15.3 Å². The Balaban J connectivity index is 1.92. The van der Waals surface area contributed by atoms with Crippen molar-refractivity contribution in [2.45, 2.75) is 0 Å². The number of hydrogen-bond acceptors (Lipinski definition) is 4. The molecule has 0 saturated heterocycles. The van der Waals surface area contributed by atoms with Crippen LogP contribution in [0.15, 0.2) is 42.5 Å². The fourth-order valence-electron chi connectivity index (χ4n) is 1.90. The molecule has 1 heterocycles. The summed E-state index contributed by atoms with van der Waals surface area (Å²) in [4.78, 5) is 14.6. The molecular formula is C15H9FN2O2S. The zero-order valence-corrected chi connectivity index (χ0v) is 11.5. The van der Waals surface area contributed by atoms with Gasteiger partial charge in [-0.2, -0.15) is 0 Å². The van der Waals surface area contributed by atoms with Crippen LogP contribution in [-0.4, -0.2) is 9.91 Å². The number of thiazole rings is 1. The van der Waals surface area contributed by atoms with Crippen molar-refractivity contribution in [3.63, 3.8) is 0 Å². The number of non-ortho nitro benzene ring substituents is 1. The second-order valence-electron chi connectivity index (χ2n) is 4.35. The maximum absolute atomic E-state index is 13.1. The van der Waals surface area contributed by atoms with E-state index in [2.05, 4.69) is 4.98 Å². The maximum Gasteiger partial charge on any atom is 0.271 e. The summed E-state index contributed by atoms with van der Waals surface area (Å²) in [5.74, 6) is -0.294. The van der Waals surface area contributed by atoms with Gasteiger partial charge in [-0.05, 0) is 29.8 Å². The molecule has 3 aromatic rings. The van der Waals surface area contributed by atoms with Crippen molar-refractivity contribution >= 4 is 39.4 Å². The summed E-state index contributed by atoms with van der Waals surface area (Å²) in [6.07, 6.45) is 3.53. The molecule has 0 unspecified atom stereocenters. The monoisotopic (exact) mass is 300 g/mol. The Morgan fingerprint density at radius 1 is 1.19 bits per heavy atom. The molecule has 4 nitrogen and oxygen atoms in total. The number of benzene rings is 2. The van der Waals surface area contributed by atoms with Gasteiger partial charge in [0.25, 0.3) is 5.69 Å². The average molecular weight is 300 g/mol. The van der Waals surface area contributed by atoms with Crippen molar-refractivity contribution in [3.05, 3.63) is 69.0 Å². The Hall–Kier alpha value is -2.60. The molecule has 21 heavy (non-hydrogen) atoms.